The number of nitrogens with zero attached hydrogens (tertiary/aromatic N) is 2. The van der Waals surface area contributed by atoms with Crippen LogP contribution in [0.15, 0.2) is 64.6 Å². The van der Waals surface area contributed by atoms with Gasteiger partial charge in [0.2, 0.25) is 0 Å². The summed E-state index contributed by atoms with van der Waals surface area (Å²) in [6, 6.07) is 19.1. The minimum absolute atomic E-state index is 0. The molecule has 0 heterocycles. The molecule has 0 aromatic heterocycles. The van der Waals surface area contributed by atoms with Crippen molar-refractivity contribution in [3.05, 3.63) is 101 Å². The Labute approximate surface area is 240 Å². The van der Waals surface area contributed by atoms with Gasteiger partial charge < -0.3 is 12.2 Å². The summed E-state index contributed by atoms with van der Waals surface area (Å²) in [5.74, 6) is -0.148. The molecule has 0 atom stereocenters. The molecule has 0 aliphatic heterocycles. The Morgan fingerprint density at radius 1 is 0.737 bits per heavy atom. The third-order valence-electron chi connectivity index (χ3n) is 5.84. The first-order chi connectivity index (χ1) is 16.9. The zero-order valence-electron chi connectivity index (χ0n) is 24.8. The largest absolute Gasteiger partial charge is 0.469 e. The second kappa shape index (κ2) is 16.0. The SMILES string of the molecule is CC(=Nc1c(C)cc(C)cc1C)C(=Nc1c(C)cc(C)cc1C)c1ccccc1.COC(=O)C(C)C.[CH3-].[Ni]. The quantitative estimate of drug-likeness (QED) is 0.136. The van der Waals surface area contributed by atoms with Crippen LogP contribution in [0.3, 0.4) is 0 Å². The van der Waals surface area contributed by atoms with E-state index in [2.05, 4.69) is 102 Å². The Morgan fingerprint density at radius 2 is 1.13 bits per heavy atom. The molecule has 0 N–H and O–H groups in total. The van der Waals surface area contributed by atoms with E-state index in [4.69, 9.17) is 9.98 Å². The molecule has 38 heavy (non-hydrogen) atoms. The van der Waals surface area contributed by atoms with Crippen LogP contribution in [0.4, 0.5) is 11.4 Å². The van der Waals surface area contributed by atoms with Crippen LogP contribution in [0.2, 0.25) is 0 Å². The maximum absolute atomic E-state index is 10.3. The Bertz CT molecular complexity index is 1230. The average molecular weight is 558 g/mol. The Hall–Kier alpha value is -3.04. The molecule has 0 amide bonds. The van der Waals surface area contributed by atoms with Crippen LogP contribution >= 0.6 is 0 Å². The van der Waals surface area contributed by atoms with Crippen molar-refractivity contribution in [1.29, 1.82) is 0 Å². The van der Waals surface area contributed by atoms with Crippen molar-refractivity contribution in [2.45, 2.75) is 62.3 Å². The van der Waals surface area contributed by atoms with Crippen LogP contribution in [0.5, 0.6) is 0 Å². The molecule has 0 spiro atoms. The summed E-state index contributed by atoms with van der Waals surface area (Å²) in [6.45, 7) is 18.4. The zero-order chi connectivity index (χ0) is 27.0. The van der Waals surface area contributed by atoms with Gasteiger partial charge in [0, 0.05) is 22.1 Å². The number of methoxy groups -OCH3 is 1. The Balaban J connectivity index is 0.00000135. The predicted octanol–water partition coefficient (Wildman–Crippen LogP) is 8.71. The molecule has 5 heteroatoms. The second-order valence-electron chi connectivity index (χ2n) is 9.70. The number of aliphatic imine (C=N–C) groups is 2. The number of hydrogen-bond acceptors (Lipinski definition) is 4. The summed E-state index contributed by atoms with van der Waals surface area (Å²) < 4.78 is 4.37. The topological polar surface area (TPSA) is 51.0 Å². The third-order valence-corrected chi connectivity index (χ3v) is 5.84. The molecule has 0 saturated carbocycles. The molecule has 3 aromatic rings. The fourth-order valence-electron chi connectivity index (χ4n) is 4.22. The molecule has 0 bridgehead atoms. The average Bonchev–Trinajstić information content (AvgIpc) is 2.81. The third kappa shape index (κ3) is 9.69. The van der Waals surface area contributed by atoms with Crippen LogP contribution in [0.25, 0.3) is 0 Å². The van der Waals surface area contributed by atoms with Crippen molar-refractivity contribution in [2.75, 3.05) is 7.11 Å². The fourth-order valence-corrected chi connectivity index (χ4v) is 4.22. The molecular formula is C33H43N2NiO2-. The normalized spacial score (nSPS) is 11.1. The summed E-state index contributed by atoms with van der Waals surface area (Å²) in [6.07, 6.45) is 0. The zero-order valence-corrected chi connectivity index (χ0v) is 25.8. The summed E-state index contributed by atoms with van der Waals surface area (Å²) >= 11 is 0. The van der Waals surface area contributed by atoms with E-state index >= 15 is 0 Å². The van der Waals surface area contributed by atoms with Crippen molar-refractivity contribution in [3.63, 3.8) is 0 Å². The molecule has 3 rings (SSSR count). The smallest absolute Gasteiger partial charge is 0.308 e. The van der Waals surface area contributed by atoms with E-state index in [1.807, 2.05) is 6.07 Å². The number of ether oxygens (including phenoxy) is 1. The molecule has 4 nitrogen and oxygen atoms in total. The molecule has 0 saturated heterocycles. The van der Waals surface area contributed by atoms with Gasteiger partial charge in [0.15, 0.2) is 0 Å². The van der Waals surface area contributed by atoms with Gasteiger partial charge in [-0.2, -0.15) is 0 Å². The van der Waals surface area contributed by atoms with Crippen LogP contribution in [-0.2, 0) is 26.0 Å². The summed E-state index contributed by atoms with van der Waals surface area (Å²) in [5, 5.41) is 0. The minimum Gasteiger partial charge on any atom is -0.469 e. The van der Waals surface area contributed by atoms with Crippen LogP contribution in [0, 0.1) is 54.9 Å². The number of carbonyl (C=O) groups is 1. The van der Waals surface area contributed by atoms with Crippen LogP contribution in [-0.4, -0.2) is 24.5 Å². The Morgan fingerprint density at radius 3 is 1.47 bits per heavy atom. The van der Waals surface area contributed by atoms with Gasteiger partial charge in [-0.3, -0.25) is 9.79 Å². The predicted molar refractivity (Wildman–Crippen MR) is 160 cm³/mol. The van der Waals surface area contributed by atoms with Crippen molar-refractivity contribution in [1.82, 2.24) is 0 Å². The molecule has 3 aromatic carbocycles. The maximum Gasteiger partial charge on any atom is 0.308 e. The van der Waals surface area contributed by atoms with E-state index in [0.29, 0.717) is 0 Å². The van der Waals surface area contributed by atoms with Gasteiger partial charge in [-0.1, -0.05) is 79.6 Å². The fraction of sp³-hybridized carbons (Fsp3) is 0.333. The van der Waals surface area contributed by atoms with Gasteiger partial charge in [-0.25, -0.2) is 4.99 Å². The van der Waals surface area contributed by atoms with Gasteiger partial charge in [0.05, 0.1) is 35.8 Å². The van der Waals surface area contributed by atoms with E-state index in [9.17, 15) is 4.79 Å². The first-order valence-corrected chi connectivity index (χ1v) is 12.4. The molecule has 0 fully saturated rings. The van der Waals surface area contributed by atoms with Crippen molar-refractivity contribution in [3.8, 4) is 0 Å². The molecule has 208 valence electrons. The van der Waals surface area contributed by atoms with E-state index in [1.54, 1.807) is 13.8 Å². The summed E-state index contributed by atoms with van der Waals surface area (Å²) in [7, 11) is 1.39. The van der Waals surface area contributed by atoms with Gasteiger partial charge in [0.25, 0.3) is 0 Å². The maximum atomic E-state index is 10.3. The number of carbonyl (C=O) groups excluding carboxylic acids is 1. The van der Waals surface area contributed by atoms with Gasteiger partial charge in [-0.15, -0.1) is 0 Å². The van der Waals surface area contributed by atoms with E-state index in [1.165, 1.54) is 40.5 Å². The van der Waals surface area contributed by atoms with Crippen LogP contribution in [0.1, 0.15) is 59.7 Å². The first-order valence-electron chi connectivity index (χ1n) is 12.4. The van der Waals surface area contributed by atoms with Crippen molar-refractivity contribution >= 4 is 28.8 Å². The molecule has 0 radical (unpaired) electrons. The molecule has 0 unspecified atom stereocenters. The van der Waals surface area contributed by atoms with E-state index in [0.717, 1.165) is 28.4 Å². The van der Waals surface area contributed by atoms with E-state index < -0.39 is 0 Å². The van der Waals surface area contributed by atoms with Crippen molar-refractivity contribution < 1.29 is 26.0 Å². The number of aryl methyl sites for hydroxylation is 6. The second-order valence-corrected chi connectivity index (χ2v) is 9.70. The number of rotatable bonds is 5. The Kier molecular flexibility index (Phi) is 14.8. The standard InChI is InChI=1S/C27H30N2.C5H10O2.CH3.Ni/c1-17-13-19(3)25(20(4)14-17)28-23(7)27(24-11-9-8-10-12-24)29-26-21(5)15-18(2)16-22(26)6;1-4(2)5(6)7-3;;/h8-16H,1-7H3;4H,1-3H3;1H3;/q;;-1;. The van der Waals surface area contributed by atoms with E-state index in [-0.39, 0.29) is 35.8 Å². The monoisotopic (exact) mass is 557 g/mol. The van der Waals surface area contributed by atoms with Crippen molar-refractivity contribution in [2.24, 2.45) is 15.9 Å². The first kappa shape index (κ1) is 35.0. The van der Waals surface area contributed by atoms with Crippen LogP contribution < -0.4 is 0 Å². The van der Waals surface area contributed by atoms with Gasteiger partial charge >= 0.3 is 5.97 Å². The number of esters is 1. The molecule has 0 aliphatic carbocycles. The molecular weight excluding hydrogens is 515 g/mol. The molecule has 0 aliphatic rings. The minimum atomic E-state index is -0.153. The summed E-state index contributed by atoms with van der Waals surface area (Å²) in [4.78, 5) is 20.5. The number of hydrogen-bond donors (Lipinski definition) is 0. The van der Waals surface area contributed by atoms with Gasteiger partial charge in [-0.05, 0) is 70.7 Å². The number of benzene rings is 3. The van der Waals surface area contributed by atoms with Gasteiger partial charge in [0.1, 0.15) is 0 Å². The summed E-state index contributed by atoms with van der Waals surface area (Å²) in [5.41, 5.74) is 12.3.